The third kappa shape index (κ3) is 3.53. The Morgan fingerprint density at radius 3 is 2.59 bits per heavy atom. The lowest BCUT2D eigenvalue weighted by Crippen LogP contribution is -2.37. The van der Waals surface area contributed by atoms with E-state index in [0.29, 0.717) is 5.69 Å². The molecule has 0 spiro atoms. The molecule has 1 amide bonds. The molecule has 0 saturated heterocycles. The van der Waals surface area contributed by atoms with Crippen molar-refractivity contribution in [3.8, 4) is 0 Å². The number of benzene rings is 2. The standard InChI is InChI=1S/C15H15N5O2/c21-15(22-10-12-4-2-1-3-5-12)17-13-6-8-14(9-7-13)20-11-16-18-19-20/h1-9,11,18-19H,10H2,(H,17,21). The number of hydrazone groups is 1. The number of nitrogens with one attached hydrogen (secondary N) is 3. The maximum absolute atomic E-state index is 11.7. The number of carbonyl (C=O) groups excluding carboxylic acids is 1. The summed E-state index contributed by atoms with van der Waals surface area (Å²) in [6.07, 6.45) is 1.12. The molecule has 2 aromatic rings. The van der Waals surface area contributed by atoms with E-state index >= 15 is 0 Å². The summed E-state index contributed by atoms with van der Waals surface area (Å²) in [5.74, 6) is 0. The van der Waals surface area contributed by atoms with E-state index in [1.54, 1.807) is 23.5 Å². The molecule has 0 fully saturated rings. The fourth-order valence-corrected chi connectivity index (χ4v) is 1.91. The van der Waals surface area contributed by atoms with Crippen molar-refractivity contribution in [2.75, 3.05) is 10.3 Å². The molecule has 3 N–H and O–H groups in total. The lowest BCUT2D eigenvalue weighted by Gasteiger charge is -2.14. The van der Waals surface area contributed by atoms with E-state index in [2.05, 4.69) is 21.5 Å². The van der Waals surface area contributed by atoms with Gasteiger partial charge >= 0.3 is 6.09 Å². The lowest BCUT2D eigenvalue weighted by molar-refractivity contribution is 0.155. The Morgan fingerprint density at radius 2 is 1.91 bits per heavy atom. The Kier molecular flexibility index (Phi) is 4.17. The first-order chi connectivity index (χ1) is 10.8. The molecule has 0 bridgehead atoms. The summed E-state index contributed by atoms with van der Waals surface area (Å²) in [6.45, 7) is 0.241. The summed E-state index contributed by atoms with van der Waals surface area (Å²) < 4.78 is 5.16. The van der Waals surface area contributed by atoms with Crippen molar-refractivity contribution in [2.45, 2.75) is 6.61 Å². The fourth-order valence-electron chi connectivity index (χ4n) is 1.91. The molecule has 0 saturated carbocycles. The summed E-state index contributed by atoms with van der Waals surface area (Å²) in [7, 11) is 0. The Morgan fingerprint density at radius 1 is 1.14 bits per heavy atom. The van der Waals surface area contributed by atoms with Gasteiger partial charge in [0.1, 0.15) is 12.9 Å². The fraction of sp³-hybridized carbons (Fsp3) is 0.0667. The van der Waals surface area contributed by atoms with E-state index in [1.807, 2.05) is 42.5 Å². The normalized spacial score (nSPS) is 12.8. The second-order valence-corrected chi connectivity index (χ2v) is 4.57. The number of hydrazine groups is 2. The highest BCUT2D eigenvalue weighted by atomic mass is 16.5. The van der Waals surface area contributed by atoms with Crippen LogP contribution in [-0.4, -0.2) is 12.4 Å². The monoisotopic (exact) mass is 297 g/mol. The van der Waals surface area contributed by atoms with E-state index in [1.165, 1.54) is 0 Å². The van der Waals surface area contributed by atoms with Gasteiger partial charge in [0.05, 0.1) is 5.69 Å². The van der Waals surface area contributed by atoms with Crippen LogP contribution in [0.5, 0.6) is 0 Å². The lowest BCUT2D eigenvalue weighted by atomic mass is 10.2. The van der Waals surface area contributed by atoms with Crippen LogP contribution in [0.3, 0.4) is 0 Å². The van der Waals surface area contributed by atoms with Crippen LogP contribution in [0.2, 0.25) is 0 Å². The predicted octanol–water partition coefficient (Wildman–Crippen LogP) is 2.21. The summed E-state index contributed by atoms with van der Waals surface area (Å²) in [4.78, 5) is 11.7. The van der Waals surface area contributed by atoms with Gasteiger partial charge in [-0.3, -0.25) is 5.32 Å². The van der Waals surface area contributed by atoms with Crippen molar-refractivity contribution in [1.29, 1.82) is 0 Å². The van der Waals surface area contributed by atoms with Crippen LogP contribution in [0.25, 0.3) is 0 Å². The molecule has 0 radical (unpaired) electrons. The van der Waals surface area contributed by atoms with E-state index in [9.17, 15) is 4.79 Å². The average molecular weight is 297 g/mol. The molecule has 1 heterocycles. The van der Waals surface area contributed by atoms with Crippen molar-refractivity contribution >= 4 is 23.8 Å². The van der Waals surface area contributed by atoms with Gasteiger partial charge in [-0.25, -0.2) is 15.3 Å². The second kappa shape index (κ2) is 6.59. The second-order valence-electron chi connectivity index (χ2n) is 4.57. The minimum absolute atomic E-state index is 0.241. The smallest absolute Gasteiger partial charge is 0.411 e. The van der Waals surface area contributed by atoms with Crippen LogP contribution in [0.15, 0.2) is 59.7 Å². The largest absolute Gasteiger partial charge is 0.444 e. The first-order valence-electron chi connectivity index (χ1n) is 6.72. The third-order valence-corrected chi connectivity index (χ3v) is 3.01. The highest BCUT2D eigenvalue weighted by Crippen LogP contribution is 2.16. The zero-order valence-corrected chi connectivity index (χ0v) is 11.7. The molecule has 1 aliphatic rings. The average Bonchev–Trinajstić information content (AvgIpc) is 3.09. The Bertz CT molecular complexity index is 657. The van der Waals surface area contributed by atoms with Gasteiger partial charge in [0.25, 0.3) is 0 Å². The number of rotatable bonds is 4. The molecule has 112 valence electrons. The molecule has 2 aromatic carbocycles. The molecule has 0 atom stereocenters. The maximum Gasteiger partial charge on any atom is 0.411 e. The maximum atomic E-state index is 11.7. The number of nitrogens with zero attached hydrogens (tertiary/aromatic N) is 2. The van der Waals surface area contributed by atoms with E-state index in [0.717, 1.165) is 11.3 Å². The molecule has 0 aromatic heterocycles. The highest BCUT2D eigenvalue weighted by Gasteiger charge is 2.08. The number of carbonyl (C=O) groups is 1. The molecule has 1 aliphatic heterocycles. The Balaban J connectivity index is 1.52. The molecular formula is C15H15N5O2. The molecule has 22 heavy (non-hydrogen) atoms. The van der Waals surface area contributed by atoms with Crippen LogP contribution >= 0.6 is 0 Å². The quantitative estimate of drug-likeness (QED) is 0.806. The first-order valence-corrected chi connectivity index (χ1v) is 6.72. The topological polar surface area (TPSA) is 78.0 Å². The molecule has 3 rings (SSSR count). The Hall–Kier alpha value is -3.06. The minimum Gasteiger partial charge on any atom is -0.444 e. The van der Waals surface area contributed by atoms with Gasteiger partial charge in [-0.15, -0.1) is 5.53 Å². The van der Waals surface area contributed by atoms with E-state index in [-0.39, 0.29) is 6.61 Å². The van der Waals surface area contributed by atoms with Gasteiger partial charge < -0.3 is 4.74 Å². The van der Waals surface area contributed by atoms with Gasteiger partial charge in [0.15, 0.2) is 0 Å². The molecule has 7 heteroatoms. The number of ether oxygens (including phenoxy) is 1. The zero-order chi connectivity index (χ0) is 15.2. The van der Waals surface area contributed by atoms with Crippen molar-refractivity contribution in [3.05, 3.63) is 60.2 Å². The first kappa shape index (κ1) is 13.9. The molecule has 0 aliphatic carbocycles. The van der Waals surface area contributed by atoms with Gasteiger partial charge in [0, 0.05) is 5.69 Å². The highest BCUT2D eigenvalue weighted by molar-refractivity contribution is 5.85. The van der Waals surface area contributed by atoms with Crippen molar-refractivity contribution < 1.29 is 9.53 Å². The van der Waals surface area contributed by atoms with Gasteiger partial charge in [-0.05, 0) is 29.8 Å². The number of amides is 1. The summed E-state index contributed by atoms with van der Waals surface area (Å²) >= 11 is 0. The molecule has 0 unspecified atom stereocenters. The van der Waals surface area contributed by atoms with Crippen molar-refractivity contribution in [3.63, 3.8) is 0 Å². The number of anilines is 2. The minimum atomic E-state index is -0.487. The van der Waals surface area contributed by atoms with Gasteiger partial charge in [0.2, 0.25) is 0 Å². The van der Waals surface area contributed by atoms with Crippen LogP contribution in [-0.2, 0) is 11.3 Å². The predicted molar refractivity (Wildman–Crippen MR) is 83.9 cm³/mol. The van der Waals surface area contributed by atoms with Crippen LogP contribution in [0.4, 0.5) is 16.2 Å². The summed E-state index contributed by atoms with van der Waals surface area (Å²) in [5, 5.41) is 8.20. The van der Waals surface area contributed by atoms with Gasteiger partial charge in [-0.1, -0.05) is 30.3 Å². The van der Waals surface area contributed by atoms with Crippen LogP contribution < -0.4 is 21.4 Å². The van der Waals surface area contributed by atoms with Crippen molar-refractivity contribution in [2.24, 2.45) is 5.10 Å². The number of hydrogen-bond donors (Lipinski definition) is 3. The molecule has 7 nitrogen and oxygen atoms in total. The van der Waals surface area contributed by atoms with E-state index < -0.39 is 6.09 Å². The van der Waals surface area contributed by atoms with Crippen LogP contribution in [0.1, 0.15) is 5.56 Å². The summed E-state index contributed by atoms with van der Waals surface area (Å²) in [5.41, 5.74) is 7.91. The third-order valence-electron chi connectivity index (χ3n) is 3.01. The SMILES string of the molecule is O=C(Nc1ccc(N2C=NNN2)cc1)OCc1ccccc1. The summed E-state index contributed by atoms with van der Waals surface area (Å²) in [6, 6.07) is 16.8. The van der Waals surface area contributed by atoms with E-state index in [4.69, 9.17) is 4.74 Å². The zero-order valence-electron chi connectivity index (χ0n) is 11.7. The number of hydrogen-bond acceptors (Lipinski definition) is 6. The van der Waals surface area contributed by atoms with Crippen LogP contribution in [0, 0.1) is 0 Å². The van der Waals surface area contributed by atoms with Crippen molar-refractivity contribution in [1.82, 2.24) is 11.1 Å². The molecular weight excluding hydrogens is 282 g/mol. The van der Waals surface area contributed by atoms with Gasteiger partial charge in [-0.2, -0.15) is 5.10 Å². The Labute approximate surface area is 127 Å².